The monoisotopic (exact) mass is 274 g/mol. The van der Waals surface area contributed by atoms with Crippen molar-refractivity contribution in [1.29, 1.82) is 0 Å². The zero-order valence-electron chi connectivity index (χ0n) is 13.6. The fourth-order valence-electron chi connectivity index (χ4n) is 2.23. The average molecular weight is 274 g/mol. The lowest BCUT2D eigenvalue weighted by molar-refractivity contribution is 0.129. The van der Waals surface area contributed by atoms with Gasteiger partial charge < -0.3 is 20.1 Å². The molecule has 0 aliphatic rings. The standard InChI is InChI=1S/C15H34N2O2/c1-15(2,3)13-14(16)7-9-17(10-12-19-5)8-6-11-18-4/h14H,6-13,16H2,1-5H3. The largest absolute Gasteiger partial charge is 0.385 e. The molecule has 0 saturated carbocycles. The summed E-state index contributed by atoms with van der Waals surface area (Å²) in [5.74, 6) is 0. The van der Waals surface area contributed by atoms with Gasteiger partial charge in [-0.1, -0.05) is 20.8 Å². The predicted molar refractivity (Wildman–Crippen MR) is 81.5 cm³/mol. The molecule has 0 fully saturated rings. The van der Waals surface area contributed by atoms with E-state index in [0.717, 1.165) is 52.1 Å². The molecule has 0 radical (unpaired) electrons. The Morgan fingerprint density at radius 1 is 1.00 bits per heavy atom. The zero-order valence-corrected chi connectivity index (χ0v) is 13.6. The van der Waals surface area contributed by atoms with E-state index in [1.54, 1.807) is 14.2 Å². The molecule has 19 heavy (non-hydrogen) atoms. The Morgan fingerprint density at radius 3 is 2.16 bits per heavy atom. The Balaban J connectivity index is 3.94. The highest BCUT2D eigenvalue weighted by Crippen LogP contribution is 2.21. The Morgan fingerprint density at radius 2 is 1.63 bits per heavy atom. The summed E-state index contributed by atoms with van der Waals surface area (Å²) in [6, 6.07) is 0.285. The minimum Gasteiger partial charge on any atom is -0.385 e. The van der Waals surface area contributed by atoms with Crippen LogP contribution in [0.4, 0.5) is 0 Å². The average Bonchev–Trinajstić information content (AvgIpc) is 2.30. The first-order valence-corrected chi connectivity index (χ1v) is 7.35. The Labute approximate surface area is 119 Å². The number of rotatable bonds is 11. The van der Waals surface area contributed by atoms with Crippen LogP contribution in [0, 0.1) is 5.41 Å². The molecule has 0 aromatic heterocycles. The number of methoxy groups -OCH3 is 2. The topological polar surface area (TPSA) is 47.7 Å². The van der Waals surface area contributed by atoms with Gasteiger partial charge in [0.1, 0.15) is 0 Å². The van der Waals surface area contributed by atoms with Crippen LogP contribution in [0.3, 0.4) is 0 Å². The molecule has 0 amide bonds. The highest BCUT2D eigenvalue weighted by molar-refractivity contribution is 4.73. The molecular formula is C15H34N2O2. The first-order valence-electron chi connectivity index (χ1n) is 7.35. The smallest absolute Gasteiger partial charge is 0.0589 e. The van der Waals surface area contributed by atoms with Crippen LogP contribution in [-0.2, 0) is 9.47 Å². The van der Waals surface area contributed by atoms with Gasteiger partial charge in [0.25, 0.3) is 0 Å². The van der Waals surface area contributed by atoms with Crippen LogP contribution in [-0.4, -0.2) is 58.0 Å². The van der Waals surface area contributed by atoms with Crippen molar-refractivity contribution in [3.05, 3.63) is 0 Å². The third kappa shape index (κ3) is 12.6. The van der Waals surface area contributed by atoms with E-state index in [1.807, 2.05) is 0 Å². The molecule has 0 aliphatic carbocycles. The maximum absolute atomic E-state index is 6.21. The molecule has 0 aromatic carbocycles. The van der Waals surface area contributed by atoms with Gasteiger partial charge in [-0.2, -0.15) is 0 Å². The van der Waals surface area contributed by atoms with Crippen molar-refractivity contribution in [2.75, 3.05) is 47.1 Å². The molecule has 0 spiro atoms. The highest BCUT2D eigenvalue weighted by Gasteiger charge is 2.16. The molecule has 1 atom stereocenters. The van der Waals surface area contributed by atoms with Crippen molar-refractivity contribution in [1.82, 2.24) is 4.90 Å². The quantitative estimate of drug-likeness (QED) is 0.586. The van der Waals surface area contributed by atoms with E-state index in [0.29, 0.717) is 5.41 Å². The van der Waals surface area contributed by atoms with E-state index >= 15 is 0 Å². The van der Waals surface area contributed by atoms with Gasteiger partial charge in [0.2, 0.25) is 0 Å². The van der Waals surface area contributed by atoms with Crippen molar-refractivity contribution in [2.24, 2.45) is 11.1 Å². The summed E-state index contributed by atoms with van der Waals surface area (Å²) >= 11 is 0. The SMILES string of the molecule is COCCCN(CCOC)CCC(N)CC(C)(C)C. The normalized spacial score (nSPS) is 14.1. The molecule has 0 aromatic rings. The minimum absolute atomic E-state index is 0.285. The molecule has 0 bridgehead atoms. The summed E-state index contributed by atoms with van der Waals surface area (Å²) in [5, 5.41) is 0. The van der Waals surface area contributed by atoms with Crippen LogP contribution in [0.25, 0.3) is 0 Å². The molecule has 116 valence electrons. The summed E-state index contributed by atoms with van der Waals surface area (Å²) in [4.78, 5) is 2.42. The van der Waals surface area contributed by atoms with Crippen LogP contribution in [0.5, 0.6) is 0 Å². The van der Waals surface area contributed by atoms with Gasteiger partial charge in [0.05, 0.1) is 6.61 Å². The molecule has 4 nitrogen and oxygen atoms in total. The molecule has 1 unspecified atom stereocenters. The molecule has 0 aliphatic heterocycles. The van der Waals surface area contributed by atoms with E-state index in [9.17, 15) is 0 Å². The third-order valence-corrected chi connectivity index (χ3v) is 3.13. The van der Waals surface area contributed by atoms with Crippen molar-refractivity contribution in [2.45, 2.75) is 46.1 Å². The zero-order chi connectivity index (χ0) is 14.7. The molecular weight excluding hydrogens is 240 g/mol. The minimum atomic E-state index is 0.285. The fourth-order valence-corrected chi connectivity index (χ4v) is 2.23. The van der Waals surface area contributed by atoms with E-state index < -0.39 is 0 Å². The first kappa shape index (κ1) is 18.8. The lowest BCUT2D eigenvalue weighted by Gasteiger charge is -2.27. The lowest BCUT2D eigenvalue weighted by atomic mass is 9.87. The number of hydrogen-bond acceptors (Lipinski definition) is 4. The second kappa shape index (κ2) is 10.6. The number of ether oxygens (including phenoxy) is 2. The van der Waals surface area contributed by atoms with Crippen LogP contribution < -0.4 is 5.73 Å². The lowest BCUT2D eigenvalue weighted by Crippen LogP contribution is -2.35. The maximum Gasteiger partial charge on any atom is 0.0589 e. The highest BCUT2D eigenvalue weighted by atomic mass is 16.5. The summed E-state index contributed by atoms with van der Waals surface area (Å²) in [7, 11) is 3.50. The van der Waals surface area contributed by atoms with Crippen molar-refractivity contribution in [3.63, 3.8) is 0 Å². The van der Waals surface area contributed by atoms with E-state index in [4.69, 9.17) is 15.2 Å². The number of nitrogens with zero attached hydrogens (tertiary/aromatic N) is 1. The molecule has 0 rings (SSSR count). The van der Waals surface area contributed by atoms with Gasteiger partial charge in [0, 0.05) is 40.0 Å². The van der Waals surface area contributed by atoms with Gasteiger partial charge >= 0.3 is 0 Å². The summed E-state index contributed by atoms with van der Waals surface area (Å²) in [5.41, 5.74) is 6.52. The third-order valence-electron chi connectivity index (χ3n) is 3.13. The Hall–Kier alpha value is -0.160. The summed E-state index contributed by atoms with van der Waals surface area (Å²) in [6.45, 7) is 11.4. The Kier molecular flexibility index (Phi) is 10.5. The van der Waals surface area contributed by atoms with Crippen LogP contribution in [0.1, 0.15) is 40.0 Å². The van der Waals surface area contributed by atoms with E-state index in [2.05, 4.69) is 25.7 Å². The van der Waals surface area contributed by atoms with Gasteiger partial charge in [0.15, 0.2) is 0 Å². The maximum atomic E-state index is 6.21. The summed E-state index contributed by atoms with van der Waals surface area (Å²) < 4.78 is 10.3. The fraction of sp³-hybridized carbons (Fsp3) is 1.00. The molecule has 0 saturated heterocycles. The van der Waals surface area contributed by atoms with Gasteiger partial charge in [-0.05, 0) is 31.2 Å². The van der Waals surface area contributed by atoms with E-state index in [-0.39, 0.29) is 6.04 Å². The Bertz CT molecular complexity index is 205. The predicted octanol–water partition coefficient (Wildman–Crippen LogP) is 2.12. The second-order valence-corrected chi connectivity index (χ2v) is 6.49. The van der Waals surface area contributed by atoms with Crippen LogP contribution in [0.15, 0.2) is 0 Å². The summed E-state index contributed by atoms with van der Waals surface area (Å²) in [6.07, 6.45) is 3.19. The van der Waals surface area contributed by atoms with Crippen molar-refractivity contribution < 1.29 is 9.47 Å². The second-order valence-electron chi connectivity index (χ2n) is 6.49. The van der Waals surface area contributed by atoms with Gasteiger partial charge in [-0.3, -0.25) is 0 Å². The van der Waals surface area contributed by atoms with Crippen molar-refractivity contribution >= 4 is 0 Å². The van der Waals surface area contributed by atoms with Crippen molar-refractivity contribution in [3.8, 4) is 0 Å². The molecule has 0 heterocycles. The van der Waals surface area contributed by atoms with Gasteiger partial charge in [-0.15, -0.1) is 0 Å². The molecule has 4 heteroatoms. The van der Waals surface area contributed by atoms with E-state index in [1.165, 1.54) is 0 Å². The first-order chi connectivity index (χ1) is 8.89. The number of nitrogens with two attached hydrogens (primary N) is 1. The van der Waals surface area contributed by atoms with Crippen LogP contribution in [0.2, 0.25) is 0 Å². The molecule has 2 N–H and O–H groups in total. The number of hydrogen-bond donors (Lipinski definition) is 1. The van der Waals surface area contributed by atoms with Crippen LogP contribution >= 0.6 is 0 Å². The van der Waals surface area contributed by atoms with Gasteiger partial charge in [-0.25, -0.2) is 0 Å².